The molecule has 0 radical (unpaired) electrons. The smallest absolute Gasteiger partial charge is 0.315 e. The first-order valence-corrected chi connectivity index (χ1v) is 13.0. The van der Waals surface area contributed by atoms with Crippen LogP contribution >= 0.6 is 0 Å². The highest BCUT2D eigenvalue weighted by atomic mass is 16.2. The van der Waals surface area contributed by atoms with E-state index in [4.69, 9.17) is 5.10 Å². The molecule has 0 atom stereocenters. The summed E-state index contributed by atoms with van der Waals surface area (Å²) in [5.74, 6) is 0.258. The molecule has 0 aliphatic carbocycles. The van der Waals surface area contributed by atoms with Crippen LogP contribution in [-0.2, 0) is 4.79 Å². The largest absolute Gasteiger partial charge is 0.322 e. The van der Waals surface area contributed by atoms with Gasteiger partial charge in [0.2, 0.25) is 5.91 Å². The maximum absolute atomic E-state index is 13.3. The van der Waals surface area contributed by atoms with Crippen LogP contribution in [0.3, 0.4) is 0 Å². The normalized spacial score (nSPS) is 10.7. The van der Waals surface area contributed by atoms with E-state index in [1.165, 1.54) is 0 Å². The molecule has 3 amide bonds. The van der Waals surface area contributed by atoms with Crippen molar-refractivity contribution in [2.24, 2.45) is 0 Å². The Morgan fingerprint density at radius 3 is 2.34 bits per heavy atom. The van der Waals surface area contributed by atoms with E-state index < -0.39 is 0 Å². The number of urea groups is 1. The third-order valence-corrected chi connectivity index (χ3v) is 6.57. The van der Waals surface area contributed by atoms with Gasteiger partial charge in [0.05, 0.1) is 11.4 Å². The molecule has 7 nitrogen and oxygen atoms in total. The van der Waals surface area contributed by atoms with Gasteiger partial charge in [-0.1, -0.05) is 73.5 Å². The topological polar surface area (TPSA) is 79.3 Å². The van der Waals surface area contributed by atoms with Crippen LogP contribution in [-0.4, -0.2) is 39.7 Å². The first-order valence-electron chi connectivity index (χ1n) is 13.0. The summed E-state index contributed by atoms with van der Waals surface area (Å²) in [6, 6.07) is 25.2. The fraction of sp³-hybridized carbons (Fsp3) is 0.258. The summed E-state index contributed by atoms with van der Waals surface area (Å²) in [5, 5.41) is 10.8. The van der Waals surface area contributed by atoms with Crippen molar-refractivity contribution in [3.63, 3.8) is 0 Å². The molecule has 0 bridgehead atoms. The van der Waals surface area contributed by atoms with E-state index in [9.17, 15) is 9.59 Å². The van der Waals surface area contributed by atoms with Crippen LogP contribution < -0.4 is 10.6 Å². The van der Waals surface area contributed by atoms with Crippen LogP contribution in [0.25, 0.3) is 16.9 Å². The molecule has 0 unspecified atom stereocenters. The summed E-state index contributed by atoms with van der Waals surface area (Å²) in [6.07, 6.45) is 1.71. The van der Waals surface area contributed by atoms with Crippen LogP contribution in [0.1, 0.15) is 36.5 Å². The molecule has 0 saturated carbocycles. The van der Waals surface area contributed by atoms with Gasteiger partial charge in [-0.25, -0.2) is 9.48 Å². The molecule has 0 aliphatic heterocycles. The number of hydrogen-bond acceptors (Lipinski definition) is 3. The summed E-state index contributed by atoms with van der Waals surface area (Å²) >= 11 is 0. The lowest BCUT2D eigenvalue weighted by Crippen LogP contribution is -2.41. The zero-order valence-corrected chi connectivity index (χ0v) is 22.5. The number of unbranched alkanes of at least 4 members (excludes halogenated alkanes) is 1. The number of nitrogens with one attached hydrogen (secondary N) is 2. The molecule has 4 rings (SSSR count). The maximum Gasteiger partial charge on any atom is 0.322 e. The number of aromatic nitrogens is 2. The first kappa shape index (κ1) is 26.7. The minimum absolute atomic E-state index is 0.0730. The Morgan fingerprint density at radius 1 is 0.895 bits per heavy atom. The molecule has 0 aliphatic rings. The van der Waals surface area contributed by atoms with Crippen LogP contribution in [0, 0.1) is 20.8 Å². The Bertz CT molecular complexity index is 1390. The number of aryl methyl sites for hydroxylation is 2. The van der Waals surface area contributed by atoms with E-state index in [1.54, 1.807) is 9.58 Å². The number of hydrogen-bond donors (Lipinski definition) is 2. The summed E-state index contributed by atoms with van der Waals surface area (Å²) in [4.78, 5) is 28.0. The Morgan fingerprint density at radius 2 is 1.63 bits per heavy atom. The number of benzene rings is 3. The third-order valence-electron chi connectivity index (χ3n) is 6.57. The van der Waals surface area contributed by atoms with Crippen LogP contribution in [0.4, 0.5) is 16.3 Å². The number of amides is 3. The Hall–Kier alpha value is -4.39. The molecule has 38 heavy (non-hydrogen) atoms. The van der Waals surface area contributed by atoms with Gasteiger partial charge in [-0.15, -0.1) is 0 Å². The Labute approximate surface area is 224 Å². The van der Waals surface area contributed by atoms with Crippen molar-refractivity contribution >= 4 is 23.4 Å². The molecular weight excluding hydrogens is 474 g/mol. The van der Waals surface area contributed by atoms with E-state index in [1.807, 2.05) is 99.6 Å². The summed E-state index contributed by atoms with van der Waals surface area (Å²) < 4.78 is 1.73. The van der Waals surface area contributed by atoms with Gasteiger partial charge in [-0.2, -0.15) is 5.10 Å². The second kappa shape index (κ2) is 12.2. The van der Waals surface area contributed by atoms with Gasteiger partial charge in [0, 0.05) is 23.9 Å². The van der Waals surface area contributed by atoms with Crippen LogP contribution in [0.5, 0.6) is 0 Å². The van der Waals surface area contributed by atoms with E-state index in [0.29, 0.717) is 12.4 Å². The van der Waals surface area contributed by atoms with Gasteiger partial charge in [0.1, 0.15) is 12.4 Å². The van der Waals surface area contributed by atoms with Crippen molar-refractivity contribution in [2.75, 3.05) is 23.7 Å². The molecule has 1 heterocycles. The number of nitrogens with zero attached hydrogens (tertiary/aromatic N) is 3. The Balaban J connectivity index is 1.56. The molecule has 7 heteroatoms. The molecule has 3 aromatic carbocycles. The van der Waals surface area contributed by atoms with Crippen molar-refractivity contribution < 1.29 is 9.59 Å². The number of rotatable bonds is 9. The van der Waals surface area contributed by atoms with E-state index in [2.05, 4.69) is 17.6 Å². The SMILES string of the molecule is CCCCN(CC(=O)Nc1cc(-c2ccccc2)nn1-c1ccc(C)cc1)C(=O)Nc1cccc(C)c1C. The zero-order valence-electron chi connectivity index (χ0n) is 22.5. The van der Waals surface area contributed by atoms with Crippen molar-refractivity contribution in [3.8, 4) is 16.9 Å². The van der Waals surface area contributed by atoms with E-state index in [0.717, 1.165) is 52.2 Å². The van der Waals surface area contributed by atoms with Crippen LogP contribution in [0.2, 0.25) is 0 Å². The van der Waals surface area contributed by atoms with Gasteiger partial charge in [-0.3, -0.25) is 4.79 Å². The maximum atomic E-state index is 13.3. The zero-order chi connectivity index (χ0) is 27.1. The molecule has 0 fully saturated rings. The second-order valence-corrected chi connectivity index (χ2v) is 9.53. The van der Waals surface area contributed by atoms with Crippen molar-refractivity contribution in [1.82, 2.24) is 14.7 Å². The minimum Gasteiger partial charge on any atom is -0.315 e. The number of carbonyl (C=O) groups is 2. The average molecular weight is 510 g/mol. The lowest BCUT2D eigenvalue weighted by molar-refractivity contribution is -0.116. The molecule has 0 saturated heterocycles. The molecule has 196 valence electrons. The van der Waals surface area contributed by atoms with Crippen molar-refractivity contribution in [3.05, 3.63) is 95.6 Å². The van der Waals surface area contributed by atoms with Gasteiger partial charge < -0.3 is 15.5 Å². The van der Waals surface area contributed by atoms with Gasteiger partial charge in [0.15, 0.2) is 0 Å². The Kier molecular flexibility index (Phi) is 8.58. The summed E-state index contributed by atoms with van der Waals surface area (Å²) in [7, 11) is 0. The number of anilines is 2. The van der Waals surface area contributed by atoms with Crippen LogP contribution in [0.15, 0.2) is 78.9 Å². The fourth-order valence-electron chi connectivity index (χ4n) is 4.14. The van der Waals surface area contributed by atoms with Crippen molar-refractivity contribution in [2.45, 2.75) is 40.5 Å². The van der Waals surface area contributed by atoms with Gasteiger partial charge in [-0.05, 0) is 56.5 Å². The molecule has 2 N–H and O–H groups in total. The fourth-order valence-corrected chi connectivity index (χ4v) is 4.14. The molecular formula is C31H35N5O2. The number of carbonyl (C=O) groups excluding carboxylic acids is 2. The van der Waals surface area contributed by atoms with Gasteiger partial charge in [0.25, 0.3) is 0 Å². The molecule has 4 aromatic rings. The first-order chi connectivity index (χ1) is 18.4. The second-order valence-electron chi connectivity index (χ2n) is 9.53. The average Bonchev–Trinajstić information content (AvgIpc) is 3.33. The lowest BCUT2D eigenvalue weighted by Gasteiger charge is -2.23. The third kappa shape index (κ3) is 6.48. The van der Waals surface area contributed by atoms with E-state index in [-0.39, 0.29) is 18.5 Å². The standard InChI is InChI=1S/C31H35N5O2/c1-5-6-19-35(31(38)32-27-14-10-11-23(3)24(27)4)21-30(37)33-29-20-28(25-12-8-7-9-13-25)34-36(29)26-17-15-22(2)16-18-26/h7-18,20H,5-6,19,21H2,1-4H3,(H,32,38)(H,33,37). The molecule has 0 spiro atoms. The highest BCUT2D eigenvalue weighted by molar-refractivity contribution is 5.97. The predicted octanol–water partition coefficient (Wildman–Crippen LogP) is 6.74. The van der Waals surface area contributed by atoms with Gasteiger partial charge >= 0.3 is 6.03 Å². The summed E-state index contributed by atoms with van der Waals surface area (Å²) in [5.41, 5.74) is 6.53. The molecule has 1 aromatic heterocycles. The monoisotopic (exact) mass is 509 g/mol. The van der Waals surface area contributed by atoms with Crippen molar-refractivity contribution in [1.29, 1.82) is 0 Å². The predicted molar refractivity (Wildman–Crippen MR) is 154 cm³/mol. The highest BCUT2D eigenvalue weighted by Crippen LogP contribution is 2.25. The lowest BCUT2D eigenvalue weighted by atomic mass is 10.1. The quantitative estimate of drug-likeness (QED) is 0.262. The minimum atomic E-state index is -0.292. The van der Waals surface area contributed by atoms with E-state index >= 15 is 0 Å². The highest BCUT2D eigenvalue weighted by Gasteiger charge is 2.20. The summed E-state index contributed by atoms with van der Waals surface area (Å²) in [6.45, 7) is 8.48.